The summed E-state index contributed by atoms with van der Waals surface area (Å²) in [5.74, 6) is 0.624. The highest BCUT2D eigenvalue weighted by atomic mass is 35.5. The Labute approximate surface area is 144 Å². The van der Waals surface area contributed by atoms with E-state index in [1.165, 1.54) is 0 Å². The van der Waals surface area contributed by atoms with Crippen molar-refractivity contribution in [1.82, 2.24) is 9.88 Å². The average molecular weight is 350 g/mol. The lowest BCUT2D eigenvalue weighted by Gasteiger charge is -2.39. The summed E-state index contributed by atoms with van der Waals surface area (Å²) < 4.78 is 5.66. The van der Waals surface area contributed by atoms with Crippen LogP contribution in [-0.4, -0.2) is 40.5 Å². The molecule has 126 valence electrons. The summed E-state index contributed by atoms with van der Waals surface area (Å²) in [6.45, 7) is 4.51. The molecule has 7 heteroatoms. The fraction of sp³-hybridized carbons (Fsp3) is 0.600. The average Bonchev–Trinajstić information content (AvgIpc) is 2.47. The Hall–Kier alpha value is -1.04. The molecule has 1 aliphatic heterocycles. The molecule has 1 aliphatic rings. The van der Waals surface area contributed by atoms with Gasteiger partial charge in [-0.15, -0.1) is 24.8 Å². The maximum Gasteiger partial charge on any atom is 0.263 e. The van der Waals surface area contributed by atoms with E-state index in [0.717, 1.165) is 25.8 Å². The van der Waals surface area contributed by atoms with Gasteiger partial charge in [0, 0.05) is 24.8 Å². The van der Waals surface area contributed by atoms with Gasteiger partial charge in [-0.2, -0.15) is 0 Å². The van der Waals surface area contributed by atoms with Crippen LogP contribution in [0.15, 0.2) is 24.5 Å². The number of piperidine rings is 1. The van der Waals surface area contributed by atoms with Crippen molar-refractivity contribution in [3.63, 3.8) is 0 Å². The maximum atomic E-state index is 12.5. The highest BCUT2D eigenvalue weighted by Crippen LogP contribution is 2.21. The number of likely N-dealkylation sites (tertiary alicyclic amines) is 1. The molecule has 0 aromatic carbocycles. The summed E-state index contributed by atoms with van der Waals surface area (Å²) in [6.07, 6.45) is 5.92. The van der Waals surface area contributed by atoms with Crippen LogP contribution < -0.4 is 10.5 Å². The van der Waals surface area contributed by atoms with E-state index in [4.69, 9.17) is 10.5 Å². The van der Waals surface area contributed by atoms with E-state index in [2.05, 4.69) is 4.98 Å². The number of carbonyl (C=O) groups is 1. The van der Waals surface area contributed by atoms with Crippen molar-refractivity contribution in [3.8, 4) is 5.75 Å². The summed E-state index contributed by atoms with van der Waals surface area (Å²) in [6, 6.07) is 3.70. The summed E-state index contributed by atoms with van der Waals surface area (Å²) in [7, 11) is 0. The van der Waals surface area contributed by atoms with E-state index in [-0.39, 0.29) is 42.8 Å². The van der Waals surface area contributed by atoms with Gasteiger partial charge in [0.05, 0.1) is 6.20 Å². The van der Waals surface area contributed by atoms with E-state index in [1.54, 1.807) is 31.5 Å². The van der Waals surface area contributed by atoms with Crippen LogP contribution in [0.4, 0.5) is 0 Å². The van der Waals surface area contributed by atoms with Crippen molar-refractivity contribution < 1.29 is 9.53 Å². The summed E-state index contributed by atoms with van der Waals surface area (Å²) in [5, 5.41) is 0. The first-order chi connectivity index (χ1) is 9.59. The molecule has 2 rings (SSSR count). The van der Waals surface area contributed by atoms with Crippen molar-refractivity contribution in [2.45, 2.75) is 51.3 Å². The zero-order valence-electron chi connectivity index (χ0n) is 13.0. The van der Waals surface area contributed by atoms with Crippen LogP contribution >= 0.6 is 24.8 Å². The molecule has 0 spiro atoms. The number of pyridine rings is 1. The summed E-state index contributed by atoms with van der Waals surface area (Å²) in [4.78, 5) is 18.4. The predicted molar refractivity (Wildman–Crippen MR) is 91.8 cm³/mol. The Balaban J connectivity index is 0.00000220. The van der Waals surface area contributed by atoms with Crippen LogP contribution in [0.3, 0.4) is 0 Å². The Morgan fingerprint density at radius 2 is 2.14 bits per heavy atom. The fourth-order valence-electron chi connectivity index (χ4n) is 2.68. The molecule has 3 unspecified atom stereocenters. The van der Waals surface area contributed by atoms with Crippen molar-refractivity contribution in [2.24, 2.45) is 5.73 Å². The number of rotatable bonds is 4. The number of nitrogens with two attached hydrogens (primary N) is 1. The van der Waals surface area contributed by atoms with Crippen molar-refractivity contribution in [1.29, 1.82) is 0 Å². The standard InChI is InChI=1S/C15H23N3O2.2ClH/c1-11(16)14-7-3-4-9-18(14)15(19)12(2)20-13-6-5-8-17-10-13;;/h5-6,8,10-12,14H,3-4,7,9,16H2,1-2H3;2*1H. The third kappa shape index (κ3) is 5.30. The van der Waals surface area contributed by atoms with Crippen molar-refractivity contribution in [2.75, 3.05) is 6.54 Å². The molecule has 1 aromatic heterocycles. The molecule has 1 fully saturated rings. The van der Waals surface area contributed by atoms with Gasteiger partial charge in [0.2, 0.25) is 0 Å². The van der Waals surface area contributed by atoms with Gasteiger partial charge in [-0.3, -0.25) is 9.78 Å². The Morgan fingerprint density at radius 3 is 2.73 bits per heavy atom. The number of carbonyl (C=O) groups excluding carboxylic acids is 1. The highest BCUT2D eigenvalue weighted by molar-refractivity contribution is 5.85. The second kappa shape index (κ2) is 9.87. The van der Waals surface area contributed by atoms with Crippen LogP contribution in [0.5, 0.6) is 5.75 Å². The zero-order chi connectivity index (χ0) is 14.5. The lowest BCUT2D eigenvalue weighted by molar-refractivity contribution is -0.142. The molecule has 0 saturated carbocycles. The van der Waals surface area contributed by atoms with Crippen LogP contribution in [0.1, 0.15) is 33.1 Å². The molecule has 0 bridgehead atoms. The third-order valence-electron chi connectivity index (χ3n) is 3.73. The van der Waals surface area contributed by atoms with Gasteiger partial charge in [-0.25, -0.2) is 0 Å². The molecule has 2 heterocycles. The molecule has 1 amide bonds. The van der Waals surface area contributed by atoms with E-state index in [0.29, 0.717) is 5.75 Å². The second-order valence-corrected chi connectivity index (χ2v) is 5.40. The molecule has 3 atom stereocenters. The third-order valence-corrected chi connectivity index (χ3v) is 3.73. The minimum atomic E-state index is -0.515. The molecule has 22 heavy (non-hydrogen) atoms. The van der Waals surface area contributed by atoms with Crippen LogP contribution in [0.2, 0.25) is 0 Å². The molecular weight excluding hydrogens is 325 g/mol. The van der Waals surface area contributed by atoms with Crippen molar-refractivity contribution >= 4 is 30.7 Å². The van der Waals surface area contributed by atoms with Crippen LogP contribution in [0.25, 0.3) is 0 Å². The van der Waals surface area contributed by atoms with E-state index < -0.39 is 6.10 Å². The Morgan fingerprint density at radius 1 is 1.41 bits per heavy atom. The number of amides is 1. The second-order valence-electron chi connectivity index (χ2n) is 5.40. The molecule has 0 aliphatic carbocycles. The van der Waals surface area contributed by atoms with E-state index in [9.17, 15) is 4.79 Å². The van der Waals surface area contributed by atoms with Gasteiger partial charge in [-0.05, 0) is 45.2 Å². The number of hydrogen-bond acceptors (Lipinski definition) is 4. The minimum absolute atomic E-state index is 0. The van der Waals surface area contributed by atoms with Gasteiger partial charge >= 0.3 is 0 Å². The normalized spacial score (nSPS) is 20.1. The molecule has 0 radical (unpaired) electrons. The van der Waals surface area contributed by atoms with E-state index in [1.807, 2.05) is 11.8 Å². The van der Waals surface area contributed by atoms with Gasteiger partial charge < -0.3 is 15.4 Å². The number of halogens is 2. The quantitative estimate of drug-likeness (QED) is 0.906. The largest absolute Gasteiger partial charge is 0.479 e. The predicted octanol–water partition coefficient (Wildman–Crippen LogP) is 2.42. The monoisotopic (exact) mass is 349 g/mol. The Bertz CT molecular complexity index is 446. The van der Waals surface area contributed by atoms with Crippen LogP contribution in [-0.2, 0) is 4.79 Å². The summed E-state index contributed by atoms with van der Waals surface area (Å²) in [5.41, 5.74) is 6.00. The first-order valence-corrected chi connectivity index (χ1v) is 7.22. The first-order valence-electron chi connectivity index (χ1n) is 7.22. The Kier molecular flexibility index (Phi) is 9.41. The van der Waals surface area contributed by atoms with Gasteiger partial charge in [-0.1, -0.05) is 0 Å². The molecule has 2 N–H and O–H groups in total. The zero-order valence-corrected chi connectivity index (χ0v) is 14.6. The summed E-state index contributed by atoms with van der Waals surface area (Å²) >= 11 is 0. The smallest absolute Gasteiger partial charge is 0.263 e. The SMILES string of the molecule is CC(Oc1cccnc1)C(=O)N1CCCCC1C(C)N.Cl.Cl. The maximum absolute atomic E-state index is 12.5. The lowest BCUT2D eigenvalue weighted by Crippen LogP contribution is -2.54. The van der Waals surface area contributed by atoms with Gasteiger partial charge in [0.15, 0.2) is 6.10 Å². The van der Waals surface area contributed by atoms with Crippen molar-refractivity contribution in [3.05, 3.63) is 24.5 Å². The molecule has 5 nitrogen and oxygen atoms in total. The number of ether oxygens (including phenoxy) is 1. The lowest BCUT2D eigenvalue weighted by atomic mass is 9.96. The molecule has 1 saturated heterocycles. The first kappa shape index (κ1) is 21.0. The number of hydrogen-bond donors (Lipinski definition) is 1. The number of nitrogens with zero attached hydrogens (tertiary/aromatic N) is 2. The van der Waals surface area contributed by atoms with E-state index >= 15 is 0 Å². The van der Waals surface area contributed by atoms with Crippen LogP contribution in [0, 0.1) is 0 Å². The minimum Gasteiger partial charge on any atom is -0.479 e. The number of aromatic nitrogens is 1. The molecule has 1 aromatic rings. The molecular formula is C15H25Cl2N3O2. The highest BCUT2D eigenvalue weighted by Gasteiger charge is 2.32. The topological polar surface area (TPSA) is 68.5 Å². The van der Waals surface area contributed by atoms with Gasteiger partial charge in [0.25, 0.3) is 5.91 Å². The van der Waals surface area contributed by atoms with Gasteiger partial charge in [0.1, 0.15) is 5.75 Å². The fourth-order valence-corrected chi connectivity index (χ4v) is 2.68.